The standard InChI is InChI=1S/C20H14ClN3O2S/c1-24-19(25)17(27-20(24)23-18-7-2-3-10-22-18)12-15-8-9-16(26-15)13-5-4-6-14(21)11-13/h2-12H,1H3/b17-12+,23-20+. The van der Waals surface area contributed by atoms with Crippen LogP contribution in [-0.2, 0) is 4.79 Å². The highest BCUT2D eigenvalue weighted by Crippen LogP contribution is 2.34. The lowest BCUT2D eigenvalue weighted by Crippen LogP contribution is -2.23. The first-order chi connectivity index (χ1) is 13.1. The summed E-state index contributed by atoms with van der Waals surface area (Å²) in [5.74, 6) is 1.71. The summed E-state index contributed by atoms with van der Waals surface area (Å²) < 4.78 is 5.85. The number of likely N-dealkylation sites (N-methyl/N-ethyl adjacent to an activating group) is 1. The van der Waals surface area contributed by atoms with Crippen LogP contribution in [0.25, 0.3) is 17.4 Å². The molecule has 3 heterocycles. The second-order valence-electron chi connectivity index (χ2n) is 5.77. The van der Waals surface area contributed by atoms with Crippen molar-refractivity contribution in [1.29, 1.82) is 0 Å². The average Bonchev–Trinajstić information content (AvgIpc) is 3.24. The van der Waals surface area contributed by atoms with Crippen molar-refractivity contribution in [2.75, 3.05) is 7.05 Å². The second-order valence-corrected chi connectivity index (χ2v) is 7.22. The molecule has 1 aliphatic heterocycles. The Hall–Kier alpha value is -2.83. The van der Waals surface area contributed by atoms with Crippen molar-refractivity contribution in [3.63, 3.8) is 0 Å². The highest BCUT2D eigenvalue weighted by Gasteiger charge is 2.30. The summed E-state index contributed by atoms with van der Waals surface area (Å²) in [6, 6.07) is 16.6. The molecule has 0 spiro atoms. The molecule has 1 aromatic carbocycles. The van der Waals surface area contributed by atoms with E-state index >= 15 is 0 Å². The number of rotatable bonds is 3. The van der Waals surface area contributed by atoms with Gasteiger partial charge in [-0.25, -0.2) is 9.98 Å². The van der Waals surface area contributed by atoms with Crippen LogP contribution in [0.1, 0.15) is 5.76 Å². The molecule has 1 amide bonds. The Bertz CT molecular complexity index is 1060. The monoisotopic (exact) mass is 395 g/mol. The molecule has 1 fully saturated rings. The van der Waals surface area contributed by atoms with E-state index in [1.165, 1.54) is 16.7 Å². The maximum atomic E-state index is 12.5. The first-order valence-electron chi connectivity index (χ1n) is 8.13. The van der Waals surface area contributed by atoms with Crippen molar-refractivity contribution in [3.05, 3.63) is 76.5 Å². The van der Waals surface area contributed by atoms with Gasteiger partial charge in [-0.15, -0.1) is 0 Å². The van der Waals surface area contributed by atoms with Crippen LogP contribution in [0.3, 0.4) is 0 Å². The number of nitrogens with zero attached hydrogens (tertiary/aromatic N) is 3. The van der Waals surface area contributed by atoms with Gasteiger partial charge in [0.05, 0.1) is 4.91 Å². The maximum Gasteiger partial charge on any atom is 0.266 e. The quantitative estimate of drug-likeness (QED) is 0.570. The fourth-order valence-electron chi connectivity index (χ4n) is 2.53. The first kappa shape index (κ1) is 17.6. The third kappa shape index (κ3) is 3.82. The van der Waals surface area contributed by atoms with Gasteiger partial charge in [0.25, 0.3) is 5.91 Å². The largest absolute Gasteiger partial charge is 0.457 e. The summed E-state index contributed by atoms with van der Waals surface area (Å²) in [7, 11) is 1.69. The Kier molecular flexibility index (Phi) is 4.83. The van der Waals surface area contributed by atoms with E-state index in [2.05, 4.69) is 9.98 Å². The molecule has 2 aromatic heterocycles. The smallest absolute Gasteiger partial charge is 0.266 e. The molecule has 7 heteroatoms. The Balaban J connectivity index is 1.59. The third-order valence-electron chi connectivity index (χ3n) is 3.87. The van der Waals surface area contributed by atoms with Gasteiger partial charge in [0, 0.05) is 29.9 Å². The Morgan fingerprint density at radius 2 is 2.07 bits per heavy atom. The zero-order valence-electron chi connectivity index (χ0n) is 14.3. The fourth-order valence-corrected chi connectivity index (χ4v) is 3.67. The van der Waals surface area contributed by atoms with Crippen molar-refractivity contribution >= 4 is 46.3 Å². The number of carbonyl (C=O) groups is 1. The van der Waals surface area contributed by atoms with Gasteiger partial charge < -0.3 is 4.42 Å². The van der Waals surface area contributed by atoms with Crippen LogP contribution in [0, 0.1) is 0 Å². The molecule has 0 aliphatic carbocycles. The summed E-state index contributed by atoms with van der Waals surface area (Å²) in [6.07, 6.45) is 3.39. The van der Waals surface area contributed by atoms with E-state index in [4.69, 9.17) is 16.0 Å². The minimum atomic E-state index is -0.129. The zero-order chi connectivity index (χ0) is 18.8. The first-order valence-corrected chi connectivity index (χ1v) is 9.33. The van der Waals surface area contributed by atoms with Gasteiger partial charge in [0.1, 0.15) is 11.5 Å². The highest BCUT2D eigenvalue weighted by molar-refractivity contribution is 8.18. The van der Waals surface area contributed by atoms with E-state index in [1.807, 2.05) is 48.5 Å². The van der Waals surface area contributed by atoms with E-state index in [9.17, 15) is 4.79 Å². The van der Waals surface area contributed by atoms with E-state index in [1.54, 1.807) is 25.4 Å². The Morgan fingerprint density at radius 3 is 2.85 bits per heavy atom. The van der Waals surface area contributed by atoms with Crippen LogP contribution >= 0.6 is 23.4 Å². The minimum Gasteiger partial charge on any atom is -0.457 e. The van der Waals surface area contributed by atoms with E-state index in [-0.39, 0.29) is 5.91 Å². The number of aromatic nitrogens is 1. The SMILES string of the molecule is CN1C(=O)/C(=C\c2ccc(-c3cccc(Cl)c3)o2)S/C1=N/c1ccccn1. The minimum absolute atomic E-state index is 0.129. The van der Waals surface area contributed by atoms with Crippen LogP contribution < -0.4 is 0 Å². The van der Waals surface area contributed by atoms with Crippen molar-refractivity contribution in [2.45, 2.75) is 0 Å². The molecule has 0 saturated carbocycles. The van der Waals surface area contributed by atoms with Crippen LogP contribution in [0.5, 0.6) is 0 Å². The molecule has 1 saturated heterocycles. The lowest BCUT2D eigenvalue weighted by molar-refractivity contribution is -0.121. The number of furan rings is 1. The summed E-state index contributed by atoms with van der Waals surface area (Å²) in [5.41, 5.74) is 0.882. The average molecular weight is 396 g/mol. The van der Waals surface area contributed by atoms with Crippen molar-refractivity contribution < 1.29 is 9.21 Å². The third-order valence-corrected chi connectivity index (χ3v) is 5.17. The number of benzene rings is 1. The number of pyridine rings is 1. The summed E-state index contributed by atoms with van der Waals surface area (Å²) in [4.78, 5) is 23.2. The molecule has 5 nitrogen and oxygen atoms in total. The summed E-state index contributed by atoms with van der Waals surface area (Å²) >= 11 is 7.32. The molecule has 134 valence electrons. The number of amides is 1. The fraction of sp³-hybridized carbons (Fsp3) is 0.0500. The lowest BCUT2D eigenvalue weighted by atomic mass is 10.2. The summed E-state index contributed by atoms with van der Waals surface area (Å²) in [5, 5.41) is 1.22. The van der Waals surface area contributed by atoms with E-state index in [0.717, 1.165) is 5.56 Å². The Morgan fingerprint density at radius 1 is 1.19 bits per heavy atom. The molecule has 0 bridgehead atoms. The molecule has 27 heavy (non-hydrogen) atoms. The van der Waals surface area contributed by atoms with Gasteiger partial charge in [-0.1, -0.05) is 29.8 Å². The molecular formula is C20H14ClN3O2S. The number of hydrogen-bond donors (Lipinski definition) is 0. The number of amidine groups is 1. The van der Waals surface area contributed by atoms with Crippen LogP contribution in [0.4, 0.5) is 5.82 Å². The van der Waals surface area contributed by atoms with E-state index < -0.39 is 0 Å². The lowest BCUT2D eigenvalue weighted by Gasteiger charge is -2.06. The number of aliphatic imine (C=N–C) groups is 1. The van der Waals surface area contributed by atoms with Crippen LogP contribution in [-0.4, -0.2) is 28.0 Å². The van der Waals surface area contributed by atoms with E-state index in [0.29, 0.717) is 32.4 Å². The van der Waals surface area contributed by atoms with Crippen molar-refractivity contribution in [1.82, 2.24) is 9.88 Å². The highest BCUT2D eigenvalue weighted by atomic mass is 35.5. The van der Waals surface area contributed by atoms with Gasteiger partial charge in [-0.2, -0.15) is 0 Å². The van der Waals surface area contributed by atoms with Crippen molar-refractivity contribution in [3.8, 4) is 11.3 Å². The molecular weight excluding hydrogens is 382 g/mol. The molecule has 0 atom stereocenters. The van der Waals surface area contributed by atoms with Crippen LogP contribution in [0.15, 0.2) is 75.1 Å². The molecule has 0 radical (unpaired) electrons. The van der Waals surface area contributed by atoms with Gasteiger partial charge in [-0.3, -0.25) is 9.69 Å². The molecule has 1 aliphatic rings. The number of thioether (sulfide) groups is 1. The van der Waals surface area contributed by atoms with Crippen LogP contribution in [0.2, 0.25) is 5.02 Å². The molecule has 3 aromatic rings. The predicted octanol–water partition coefficient (Wildman–Crippen LogP) is 5.23. The zero-order valence-corrected chi connectivity index (χ0v) is 15.9. The summed E-state index contributed by atoms with van der Waals surface area (Å²) in [6.45, 7) is 0. The number of hydrogen-bond acceptors (Lipinski definition) is 5. The predicted molar refractivity (Wildman–Crippen MR) is 109 cm³/mol. The van der Waals surface area contributed by atoms with Gasteiger partial charge in [0.15, 0.2) is 11.0 Å². The van der Waals surface area contributed by atoms with Gasteiger partial charge >= 0.3 is 0 Å². The number of halogens is 1. The van der Waals surface area contributed by atoms with Gasteiger partial charge in [-0.05, 0) is 48.2 Å². The van der Waals surface area contributed by atoms with Crippen molar-refractivity contribution in [2.24, 2.45) is 4.99 Å². The molecule has 0 N–H and O–H groups in total. The number of carbonyl (C=O) groups excluding carboxylic acids is 1. The molecule has 4 rings (SSSR count). The normalized spacial score (nSPS) is 17.3. The molecule has 0 unspecified atom stereocenters. The topological polar surface area (TPSA) is 58.7 Å². The second kappa shape index (κ2) is 7.42. The maximum absolute atomic E-state index is 12.5. The Labute approximate surface area is 165 Å². The van der Waals surface area contributed by atoms with Gasteiger partial charge in [0.2, 0.25) is 0 Å².